The third-order valence-corrected chi connectivity index (χ3v) is 0.661. The van der Waals surface area contributed by atoms with E-state index in [9.17, 15) is 0 Å². The van der Waals surface area contributed by atoms with Crippen LogP contribution in [-0.4, -0.2) is 12.8 Å². The first-order valence-corrected chi connectivity index (χ1v) is 2.70. The van der Waals surface area contributed by atoms with Gasteiger partial charge < -0.3 is 11.5 Å². The van der Waals surface area contributed by atoms with Crippen molar-refractivity contribution >= 4 is 6.21 Å². The van der Waals surface area contributed by atoms with Crippen LogP contribution in [0.2, 0.25) is 0 Å². The smallest absolute Gasteiger partial charge is 0.114 e. The van der Waals surface area contributed by atoms with E-state index in [1.54, 1.807) is 19.2 Å². The van der Waals surface area contributed by atoms with E-state index in [0.717, 1.165) is 0 Å². The van der Waals surface area contributed by atoms with E-state index in [2.05, 4.69) is 10.5 Å². The zero-order valence-corrected chi connectivity index (χ0v) is 5.46. The number of nitrogens with two attached hydrogens (primary N) is 2. The molecule has 0 saturated heterocycles. The third-order valence-electron chi connectivity index (χ3n) is 0.661. The third kappa shape index (κ3) is 4.83. The van der Waals surface area contributed by atoms with Gasteiger partial charge in [-0.05, 0) is 13.0 Å². The first-order chi connectivity index (χ1) is 4.31. The molecule has 52 valence electrons. The van der Waals surface area contributed by atoms with Crippen molar-refractivity contribution in [1.82, 2.24) is 5.43 Å². The van der Waals surface area contributed by atoms with Crippen molar-refractivity contribution < 1.29 is 0 Å². The van der Waals surface area contributed by atoms with E-state index in [1.165, 1.54) is 0 Å². The predicted octanol–water partition coefficient (Wildman–Crippen LogP) is -0.659. The molecule has 4 nitrogen and oxygen atoms in total. The predicted molar refractivity (Wildman–Crippen MR) is 38.6 cm³/mol. The van der Waals surface area contributed by atoms with Gasteiger partial charge in [-0.1, -0.05) is 0 Å². The Morgan fingerprint density at radius 2 is 2.44 bits per heavy atom. The summed E-state index contributed by atoms with van der Waals surface area (Å²) >= 11 is 0. The Balaban J connectivity index is 3.49. The lowest BCUT2D eigenvalue weighted by Gasteiger charge is -1.95. The van der Waals surface area contributed by atoms with Crippen LogP contribution < -0.4 is 16.9 Å². The Kier molecular flexibility index (Phi) is 4.53. The second-order valence-electron chi connectivity index (χ2n) is 1.39. The molecule has 0 radical (unpaired) electrons. The summed E-state index contributed by atoms with van der Waals surface area (Å²) in [4.78, 5) is 0. The number of rotatable bonds is 3. The lowest BCUT2D eigenvalue weighted by Crippen LogP contribution is -2.15. The topological polar surface area (TPSA) is 76.4 Å². The number of hydrogen-bond donors (Lipinski definition) is 3. The highest BCUT2D eigenvalue weighted by Gasteiger charge is 1.78. The minimum absolute atomic E-state index is 0.429. The fraction of sp³-hybridized carbons (Fsp3) is 0.400. The molecular formula is C5H12N4. The van der Waals surface area contributed by atoms with Gasteiger partial charge in [0.05, 0.1) is 0 Å². The SMILES string of the molecule is C/C=N/N/C(N)=C/CN. The first-order valence-electron chi connectivity index (χ1n) is 2.70. The summed E-state index contributed by atoms with van der Waals surface area (Å²) in [6.07, 6.45) is 3.25. The second kappa shape index (κ2) is 5.11. The van der Waals surface area contributed by atoms with Crippen molar-refractivity contribution in [2.24, 2.45) is 16.6 Å². The molecule has 0 aliphatic carbocycles. The molecule has 0 amide bonds. The van der Waals surface area contributed by atoms with E-state index in [0.29, 0.717) is 12.4 Å². The molecule has 0 atom stereocenters. The molecule has 4 heteroatoms. The monoisotopic (exact) mass is 128 g/mol. The zero-order chi connectivity index (χ0) is 7.11. The van der Waals surface area contributed by atoms with Gasteiger partial charge in [-0.3, -0.25) is 5.43 Å². The summed E-state index contributed by atoms with van der Waals surface area (Å²) in [6, 6.07) is 0. The molecule has 0 aromatic heterocycles. The number of nitrogens with zero attached hydrogens (tertiary/aromatic N) is 1. The minimum Gasteiger partial charge on any atom is -0.384 e. The lowest BCUT2D eigenvalue weighted by molar-refractivity contribution is 0.866. The molecule has 0 spiro atoms. The van der Waals surface area contributed by atoms with Crippen molar-refractivity contribution in [2.45, 2.75) is 6.92 Å². The van der Waals surface area contributed by atoms with Gasteiger partial charge in [0.25, 0.3) is 0 Å². The number of nitrogens with one attached hydrogen (secondary N) is 1. The minimum atomic E-state index is 0.429. The Morgan fingerprint density at radius 3 is 2.89 bits per heavy atom. The normalized spacial score (nSPS) is 12.4. The van der Waals surface area contributed by atoms with Gasteiger partial charge in [-0.2, -0.15) is 5.10 Å². The average Bonchev–Trinajstić information content (AvgIpc) is 1.85. The molecule has 5 N–H and O–H groups in total. The van der Waals surface area contributed by atoms with Crippen LogP contribution in [0.1, 0.15) is 6.92 Å². The summed E-state index contributed by atoms with van der Waals surface area (Å²) in [6.45, 7) is 2.22. The van der Waals surface area contributed by atoms with Crippen LogP contribution in [0.15, 0.2) is 17.0 Å². The highest BCUT2D eigenvalue weighted by atomic mass is 15.3. The van der Waals surface area contributed by atoms with E-state index < -0.39 is 0 Å². The fourth-order valence-corrected chi connectivity index (χ4v) is 0.312. The maximum atomic E-state index is 5.33. The lowest BCUT2D eigenvalue weighted by atomic mass is 10.6. The van der Waals surface area contributed by atoms with Crippen molar-refractivity contribution in [3.63, 3.8) is 0 Å². The van der Waals surface area contributed by atoms with E-state index in [4.69, 9.17) is 11.5 Å². The number of hydrogen-bond acceptors (Lipinski definition) is 4. The molecule has 0 fully saturated rings. The Labute approximate surface area is 54.6 Å². The summed E-state index contributed by atoms with van der Waals surface area (Å²) in [5.41, 5.74) is 13.0. The average molecular weight is 128 g/mol. The molecule has 0 unspecified atom stereocenters. The molecule has 0 bridgehead atoms. The van der Waals surface area contributed by atoms with Crippen LogP contribution in [0.4, 0.5) is 0 Å². The van der Waals surface area contributed by atoms with Crippen LogP contribution in [0, 0.1) is 0 Å². The van der Waals surface area contributed by atoms with Gasteiger partial charge in [0.2, 0.25) is 0 Å². The molecule has 0 saturated carbocycles. The molecule has 0 aromatic carbocycles. The van der Waals surface area contributed by atoms with Gasteiger partial charge in [-0.15, -0.1) is 0 Å². The molecule has 0 aliphatic heterocycles. The summed E-state index contributed by atoms with van der Waals surface area (Å²) < 4.78 is 0. The van der Waals surface area contributed by atoms with Crippen molar-refractivity contribution in [3.05, 3.63) is 11.9 Å². The standard InChI is InChI=1S/C5H12N4/c1-2-8-9-5(7)3-4-6/h2-3,9H,4,6-7H2,1H3/b5-3+,8-2+. The summed E-state index contributed by atoms with van der Waals surface area (Å²) in [5, 5.41) is 3.67. The summed E-state index contributed by atoms with van der Waals surface area (Å²) in [7, 11) is 0. The van der Waals surface area contributed by atoms with E-state index >= 15 is 0 Å². The maximum absolute atomic E-state index is 5.33. The van der Waals surface area contributed by atoms with Gasteiger partial charge in [-0.25, -0.2) is 0 Å². The molecule has 9 heavy (non-hydrogen) atoms. The van der Waals surface area contributed by atoms with Gasteiger partial charge in [0, 0.05) is 12.8 Å². The Hall–Kier alpha value is -1.03. The fourth-order valence-electron chi connectivity index (χ4n) is 0.312. The first kappa shape index (κ1) is 7.97. The van der Waals surface area contributed by atoms with Crippen LogP contribution in [0.3, 0.4) is 0 Å². The Morgan fingerprint density at radius 1 is 1.78 bits per heavy atom. The van der Waals surface area contributed by atoms with E-state index in [1.807, 2.05) is 0 Å². The van der Waals surface area contributed by atoms with Gasteiger partial charge in [0.1, 0.15) is 5.82 Å². The van der Waals surface area contributed by atoms with Crippen molar-refractivity contribution in [1.29, 1.82) is 0 Å². The quantitative estimate of drug-likeness (QED) is 0.349. The zero-order valence-electron chi connectivity index (χ0n) is 5.46. The molecule has 0 aromatic rings. The van der Waals surface area contributed by atoms with Crippen LogP contribution in [0.5, 0.6) is 0 Å². The van der Waals surface area contributed by atoms with Gasteiger partial charge in [0.15, 0.2) is 0 Å². The molecule has 0 aliphatic rings. The van der Waals surface area contributed by atoms with E-state index in [-0.39, 0.29) is 0 Å². The summed E-state index contributed by atoms with van der Waals surface area (Å²) in [5.74, 6) is 0.482. The Bertz CT molecular complexity index is 116. The molecule has 0 rings (SSSR count). The van der Waals surface area contributed by atoms with Crippen molar-refractivity contribution in [2.75, 3.05) is 6.54 Å². The second-order valence-corrected chi connectivity index (χ2v) is 1.39. The molecule has 0 heterocycles. The highest BCUT2D eigenvalue weighted by molar-refractivity contribution is 5.52. The number of hydrazone groups is 1. The highest BCUT2D eigenvalue weighted by Crippen LogP contribution is 1.72. The molecular weight excluding hydrogens is 116 g/mol. The van der Waals surface area contributed by atoms with Gasteiger partial charge >= 0.3 is 0 Å². The van der Waals surface area contributed by atoms with Crippen LogP contribution in [-0.2, 0) is 0 Å². The van der Waals surface area contributed by atoms with Crippen LogP contribution in [0.25, 0.3) is 0 Å². The maximum Gasteiger partial charge on any atom is 0.114 e. The largest absolute Gasteiger partial charge is 0.384 e. The van der Waals surface area contributed by atoms with Crippen molar-refractivity contribution in [3.8, 4) is 0 Å². The van der Waals surface area contributed by atoms with Crippen LogP contribution >= 0.6 is 0 Å².